The van der Waals surface area contributed by atoms with Gasteiger partial charge in [0.2, 0.25) is 0 Å². The van der Waals surface area contributed by atoms with E-state index >= 15 is 0 Å². The number of hydrogen-bond donors (Lipinski definition) is 1. The lowest BCUT2D eigenvalue weighted by molar-refractivity contribution is 0.151. The quantitative estimate of drug-likeness (QED) is 0.730. The third kappa shape index (κ3) is 3.85. The molecule has 1 atom stereocenters. The maximum Gasteiger partial charge on any atom is 0.117 e. The third-order valence-corrected chi connectivity index (χ3v) is 3.66. The van der Waals surface area contributed by atoms with Crippen molar-refractivity contribution in [1.82, 2.24) is 10.2 Å². The Kier molecular flexibility index (Phi) is 5.26. The molecule has 0 saturated heterocycles. The summed E-state index contributed by atoms with van der Waals surface area (Å²) < 4.78 is 5.51. The molecule has 1 aliphatic rings. The van der Waals surface area contributed by atoms with E-state index in [4.69, 9.17) is 4.42 Å². The Bertz CT molecular complexity index is 319. The van der Waals surface area contributed by atoms with Crippen molar-refractivity contribution < 1.29 is 4.42 Å². The molecule has 3 heteroatoms. The summed E-state index contributed by atoms with van der Waals surface area (Å²) in [6, 6.07) is 5.50. The summed E-state index contributed by atoms with van der Waals surface area (Å²) in [6.07, 6.45) is 7.00. The minimum absolute atomic E-state index is 0.646. The Morgan fingerprint density at radius 1 is 1.44 bits per heavy atom. The minimum atomic E-state index is 0.646. The van der Waals surface area contributed by atoms with Crippen LogP contribution in [0.25, 0.3) is 0 Å². The van der Waals surface area contributed by atoms with Crippen LogP contribution < -0.4 is 5.32 Å². The second-order valence-electron chi connectivity index (χ2n) is 5.23. The molecule has 1 heterocycles. The van der Waals surface area contributed by atoms with Crippen molar-refractivity contribution in [1.29, 1.82) is 0 Å². The molecule has 18 heavy (non-hydrogen) atoms. The normalized spacial score (nSPS) is 17.3. The monoisotopic (exact) mass is 250 g/mol. The molecule has 2 rings (SSSR count). The topological polar surface area (TPSA) is 28.4 Å². The molecule has 1 aliphatic carbocycles. The smallest absolute Gasteiger partial charge is 0.117 e. The molecule has 0 spiro atoms. The van der Waals surface area contributed by atoms with Gasteiger partial charge < -0.3 is 9.73 Å². The van der Waals surface area contributed by atoms with Gasteiger partial charge in [-0.1, -0.05) is 20.3 Å². The van der Waals surface area contributed by atoms with E-state index in [9.17, 15) is 0 Å². The average molecular weight is 250 g/mol. The highest BCUT2D eigenvalue weighted by atomic mass is 16.3. The van der Waals surface area contributed by atoms with Crippen molar-refractivity contribution in [3.63, 3.8) is 0 Å². The van der Waals surface area contributed by atoms with Crippen LogP contribution in [0.1, 0.15) is 45.3 Å². The van der Waals surface area contributed by atoms with Crippen LogP contribution in [0.15, 0.2) is 22.8 Å². The minimum Gasteiger partial charge on any atom is -0.468 e. The molecule has 1 N–H and O–H groups in total. The molecular weight excluding hydrogens is 224 g/mol. The van der Waals surface area contributed by atoms with Gasteiger partial charge in [-0.05, 0) is 37.9 Å². The molecular formula is C15H26N2O. The molecule has 0 aromatic carbocycles. The standard InChI is InChI=1S/C15H26N2O/c1-3-6-14(11-16-4-2)17(13-8-9-13)12-15-7-5-10-18-15/h5,7,10,13-14,16H,3-4,6,8-9,11-12H2,1-2H3. The van der Waals surface area contributed by atoms with Crippen molar-refractivity contribution >= 4 is 0 Å². The van der Waals surface area contributed by atoms with Crippen molar-refractivity contribution in [3.05, 3.63) is 24.2 Å². The lowest BCUT2D eigenvalue weighted by atomic mass is 10.1. The van der Waals surface area contributed by atoms with Crippen LogP contribution in [-0.4, -0.2) is 30.1 Å². The Morgan fingerprint density at radius 3 is 2.83 bits per heavy atom. The Morgan fingerprint density at radius 2 is 2.28 bits per heavy atom. The fourth-order valence-corrected chi connectivity index (χ4v) is 2.57. The van der Waals surface area contributed by atoms with Gasteiger partial charge in [-0.3, -0.25) is 4.90 Å². The maximum atomic E-state index is 5.51. The Hall–Kier alpha value is -0.800. The molecule has 3 nitrogen and oxygen atoms in total. The summed E-state index contributed by atoms with van der Waals surface area (Å²) in [5.41, 5.74) is 0. The molecule has 0 bridgehead atoms. The lowest BCUT2D eigenvalue weighted by Gasteiger charge is -2.31. The van der Waals surface area contributed by atoms with E-state index in [1.807, 2.05) is 6.07 Å². The predicted molar refractivity (Wildman–Crippen MR) is 74.5 cm³/mol. The zero-order chi connectivity index (χ0) is 12.8. The van der Waals surface area contributed by atoms with Crippen LogP contribution in [-0.2, 0) is 6.54 Å². The summed E-state index contributed by atoms with van der Waals surface area (Å²) >= 11 is 0. The molecule has 0 aliphatic heterocycles. The maximum absolute atomic E-state index is 5.51. The van der Waals surface area contributed by atoms with E-state index in [1.165, 1.54) is 25.7 Å². The van der Waals surface area contributed by atoms with Gasteiger partial charge in [-0.25, -0.2) is 0 Å². The molecule has 1 unspecified atom stereocenters. The van der Waals surface area contributed by atoms with Gasteiger partial charge in [0.15, 0.2) is 0 Å². The van der Waals surface area contributed by atoms with Crippen molar-refractivity contribution in [3.8, 4) is 0 Å². The summed E-state index contributed by atoms with van der Waals surface area (Å²) in [6.45, 7) is 7.57. The van der Waals surface area contributed by atoms with E-state index in [0.29, 0.717) is 6.04 Å². The van der Waals surface area contributed by atoms with Gasteiger partial charge in [0.1, 0.15) is 5.76 Å². The van der Waals surface area contributed by atoms with Crippen LogP contribution in [0.2, 0.25) is 0 Å². The molecule has 102 valence electrons. The van der Waals surface area contributed by atoms with E-state index in [0.717, 1.165) is 31.4 Å². The number of nitrogens with one attached hydrogen (secondary N) is 1. The van der Waals surface area contributed by atoms with Gasteiger partial charge in [0.25, 0.3) is 0 Å². The van der Waals surface area contributed by atoms with Crippen LogP contribution in [0, 0.1) is 0 Å². The zero-order valence-corrected chi connectivity index (χ0v) is 11.7. The van der Waals surface area contributed by atoms with Gasteiger partial charge in [0.05, 0.1) is 12.8 Å². The Balaban J connectivity index is 1.96. The summed E-state index contributed by atoms with van der Waals surface area (Å²) in [7, 11) is 0. The second kappa shape index (κ2) is 6.95. The molecule has 0 radical (unpaired) electrons. The summed E-state index contributed by atoms with van der Waals surface area (Å²) in [5, 5.41) is 3.50. The highest BCUT2D eigenvalue weighted by molar-refractivity contribution is 5.01. The first-order chi connectivity index (χ1) is 8.85. The van der Waals surface area contributed by atoms with E-state index < -0.39 is 0 Å². The van der Waals surface area contributed by atoms with Gasteiger partial charge >= 0.3 is 0 Å². The van der Waals surface area contributed by atoms with Crippen molar-refractivity contribution in [2.24, 2.45) is 0 Å². The van der Waals surface area contributed by atoms with E-state index in [-0.39, 0.29) is 0 Å². The number of likely N-dealkylation sites (N-methyl/N-ethyl adjacent to an activating group) is 1. The first-order valence-electron chi connectivity index (χ1n) is 7.34. The number of rotatable bonds is 9. The van der Waals surface area contributed by atoms with Gasteiger partial charge in [-0.2, -0.15) is 0 Å². The van der Waals surface area contributed by atoms with Crippen LogP contribution >= 0.6 is 0 Å². The zero-order valence-electron chi connectivity index (χ0n) is 11.7. The molecule has 0 amide bonds. The van der Waals surface area contributed by atoms with E-state index in [2.05, 4.69) is 30.1 Å². The Labute approximate surface area is 111 Å². The fraction of sp³-hybridized carbons (Fsp3) is 0.733. The molecule has 1 fully saturated rings. The highest BCUT2D eigenvalue weighted by Crippen LogP contribution is 2.31. The average Bonchev–Trinajstić information content (AvgIpc) is 3.09. The van der Waals surface area contributed by atoms with Crippen molar-refractivity contribution in [2.75, 3.05) is 13.1 Å². The first-order valence-corrected chi connectivity index (χ1v) is 7.34. The highest BCUT2D eigenvalue weighted by Gasteiger charge is 2.33. The largest absolute Gasteiger partial charge is 0.468 e. The number of nitrogens with zero attached hydrogens (tertiary/aromatic N) is 1. The predicted octanol–water partition coefficient (Wildman–Crippen LogP) is 3.02. The van der Waals surface area contributed by atoms with E-state index in [1.54, 1.807) is 6.26 Å². The SMILES string of the molecule is CCCC(CNCC)N(Cc1ccco1)C1CC1. The lowest BCUT2D eigenvalue weighted by Crippen LogP contribution is -2.43. The second-order valence-corrected chi connectivity index (χ2v) is 5.23. The van der Waals surface area contributed by atoms with Crippen LogP contribution in [0.5, 0.6) is 0 Å². The summed E-state index contributed by atoms with van der Waals surface area (Å²) in [4.78, 5) is 2.64. The number of hydrogen-bond acceptors (Lipinski definition) is 3. The van der Waals surface area contributed by atoms with Crippen LogP contribution in [0.3, 0.4) is 0 Å². The summed E-state index contributed by atoms with van der Waals surface area (Å²) in [5.74, 6) is 1.10. The molecule has 1 aromatic rings. The molecule has 1 saturated carbocycles. The van der Waals surface area contributed by atoms with Crippen LogP contribution in [0.4, 0.5) is 0 Å². The third-order valence-electron chi connectivity index (χ3n) is 3.66. The number of furan rings is 1. The first kappa shape index (κ1) is 13.6. The fourth-order valence-electron chi connectivity index (χ4n) is 2.57. The van der Waals surface area contributed by atoms with Crippen molar-refractivity contribution in [2.45, 2.75) is 58.2 Å². The molecule has 1 aromatic heterocycles. The van der Waals surface area contributed by atoms with Gasteiger partial charge in [-0.15, -0.1) is 0 Å². The van der Waals surface area contributed by atoms with Gasteiger partial charge in [0, 0.05) is 18.6 Å².